The Morgan fingerprint density at radius 2 is 2.12 bits per heavy atom. The molecule has 0 aliphatic carbocycles. The van der Waals surface area contributed by atoms with E-state index in [1.165, 1.54) is 5.56 Å². The first-order chi connectivity index (χ1) is 8.04. The van der Waals surface area contributed by atoms with Gasteiger partial charge in [-0.3, -0.25) is 0 Å². The smallest absolute Gasteiger partial charge is 0.0860 e. The van der Waals surface area contributed by atoms with Crippen molar-refractivity contribution in [3.63, 3.8) is 0 Å². The summed E-state index contributed by atoms with van der Waals surface area (Å²) in [6, 6.07) is 8.14. The average molecular weight is 237 g/mol. The minimum absolute atomic E-state index is 0.0481. The summed E-state index contributed by atoms with van der Waals surface area (Å²) in [4.78, 5) is 0. The van der Waals surface area contributed by atoms with E-state index in [0.29, 0.717) is 6.61 Å². The molecule has 2 N–H and O–H groups in total. The van der Waals surface area contributed by atoms with Crippen LogP contribution in [0.15, 0.2) is 24.3 Å². The summed E-state index contributed by atoms with van der Waals surface area (Å²) in [5.41, 5.74) is 1.79. The molecule has 0 amide bonds. The van der Waals surface area contributed by atoms with Crippen molar-refractivity contribution >= 4 is 5.69 Å². The molecule has 1 unspecified atom stereocenters. The number of hydrogen-bond acceptors (Lipinski definition) is 3. The molecule has 0 radical (unpaired) electrons. The molecule has 17 heavy (non-hydrogen) atoms. The third kappa shape index (κ3) is 3.45. The summed E-state index contributed by atoms with van der Waals surface area (Å²) in [6.45, 7) is 6.75. The molecule has 1 aromatic rings. The summed E-state index contributed by atoms with van der Waals surface area (Å²) in [5.74, 6) is 0.271. The third-order valence-electron chi connectivity index (χ3n) is 3.20. The van der Waals surface area contributed by atoms with Crippen LogP contribution in [0.1, 0.15) is 19.4 Å². The van der Waals surface area contributed by atoms with Gasteiger partial charge in [0.2, 0.25) is 0 Å². The number of benzene rings is 1. The van der Waals surface area contributed by atoms with E-state index in [2.05, 4.69) is 38.2 Å². The molecule has 1 atom stereocenters. The molecule has 96 valence electrons. The fraction of sp³-hybridized carbons (Fsp3) is 0.571. The summed E-state index contributed by atoms with van der Waals surface area (Å²) < 4.78 is 5.24. The van der Waals surface area contributed by atoms with Gasteiger partial charge in [-0.05, 0) is 30.5 Å². The maximum Gasteiger partial charge on any atom is 0.0860 e. The highest BCUT2D eigenvalue weighted by atomic mass is 16.5. The molecule has 0 aromatic heterocycles. The van der Waals surface area contributed by atoms with E-state index in [1.807, 2.05) is 12.1 Å². The lowest BCUT2D eigenvalue weighted by Crippen LogP contribution is -2.51. The number of aliphatic hydroxyl groups excluding tert-OH is 1. The molecular weight excluding hydrogens is 214 g/mol. The highest BCUT2D eigenvalue weighted by Gasteiger charge is 2.33. The van der Waals surface area contributed by atoms with Crippen LogP contribution in [0.4, 0.5) is 5.69 Å². The molecule has 0 heterocycles. The van der Waals surface area contributed by atoms with Gasteiger partial charge in [-0.15, -0.1) is 0 Å². The second-order valence-corrected chi connectivity index (χ2v) is 4.90. The first-order valence-corrected chi connectivity index (χ1v) is 5.99. The van der Waals surface area contributed by atoms with E-state index in [1.54, 1.807) is 7.11 Å². The number of methoxy groups -OCH3 is 1. The molecule has 1 rings (SSSR count). The van der Waals surface area contributed by atoms with Gasteiger partial charge in [0, 0.05) is 12.8 Å². The van der Waals surface area contributed by atoms with Crippen LogP contribution in [0, 0.1) is 12.8 Å². The molecule has 0 saturated heterocycles. The van der Waals surface area contributed by atoms with Crippen LogP contribution in [-0.2, 0) is 4.74 Å². The Kier molecular flexibility index (Phi) is 4.97. The van der Waals surface area contributed by atoms with Gasteiger partial charge in [0.15, 0.2) is 0 Å². The van der Waals surface area contributed by atoms with Crippen LogP contribution < -0.4 is 5.32 Å². The summed E-state index contributed by atoms with van der Waals surface area (Å²) in [6.07, 6.45) is 0. The molecule has 0 aliphatic heterocycles. The van der Waals surface area contributed by atoms with Gasteiger partial charge < -0.3 is 15.2 Å². The molecule has 0 saturated carbocycles. The Morgan fingerprint density at radius 3 is 2.59 bits per heavy atom. The topological polar surface area (TPSA) is 41.5 Å². The molecule has 0 bridgehead atoms. The Morgan fingerprint density at radius 1 is 1.41 bits per heavy atom. The number of hydrogen-bond donors (Lipinski definition) is 2. The molecule has 0 spiro atoms. The zero-order valence-corrected chi connectivity index (χ0v) is 11.2. The van der Waals surface area contributed by atoms with Crippen molar-refractivity contribution in [3.05, 3.63) is 29.8 Å². The Hall–Kier alpha value is -1.06. The predicted molar refractivity (Wildman–Crippen MR) is 71.3 cm³/mol. The Labute approximate surface area is 104 Å². The molecule has 0 aliphatic rings. The molecular formula is C14H23NO2. The van der Waals surface area contributed by atoms with Gasteiger partial charge in [0.1, 0.15) is 0 Å². The normalized spacial score (nSPS) is 14.7. The van der Waals surface area contributed by atoms with E-state index in [4.69, 9.17) is 4.74 Å². The van der Waals surface area contributed by atoms with Crippen molar-refractivity contribution in [1.82, 2.24) is 0 Å². The van der Waals surface area contributed by atoms with E-state index in [9.17, 15) is 5.11 Å². The molecule has 1 aromatic carbocycles. The lowest BCUT2D eigenvalue weighted by Gasteiger charge is -2.37. The van der Waals surface area contributed by atoms with Gasteiger partial charge in [-0.2, -0.15) is 0 Å². The van der Waals surface area contributed by atoms with Crippen molar-refractivity contribution in [2.24, 2.45) is 5.92 Å². The van der Waals surface area contributed by atoms with Crippen LogP contribution >= 0.6 is 0 Å². The maximum atomic E-state index is 9.67. The van der Waals surface area contributed by atoms with Crippen LogP contribution in [0.3, 0.4) is 0 Å². The van der Waals surface area contributed by atoms with Gasteiger partial charge >= 0.3 is 0 Å². The van der Waals surface area contributed by atoms with E-state index < -0.39 is 5.54 Å². The quantitative estimate of drug-likeness (QED) is 0.798. The van der Waals surface area contributed by atoms with Crippen LogP contribution in [0.5, 0.6) is 0 Å². The number of ether oxygens (including phenoxy) is 1. The third-order valence-corrected chi connectivity index (χ3v) is 3.20. The van der Waals surface area contributed by atoms with Crippen LogP contribution in [0.2, 0.25) is 0 Å². The predicted octanol–water partition coefficient (Wildman–Crippen LogP) is 2.44. The number of aryl methyl sites for hydroxylation is 1. The second kappa shape index (κ2) is 6.03. The van der Waals surface area contributed by atoms with Gasteiger partial charge in [0.25, 0.3) is 0 Å². The van der Waals surface area contributed by atoms with Crippen molar-refractivity contribution in [3.8, 4) is 0 Å². The minimum Gasteiger partial charge on any atom is -0.394 e. The van der Waals surface area contributed by atoms with E-state index >= 15 is 0 Å². The largest absolute Gasteiger partial charge is 0.394 e. The first-order valence-electron chi connectivity index (χ1n) is 5.99. The summed E-state index contributed by atoms with van der Waals surface area (Å²) in [5, 5.41) is 13.1. The fourth-order valence-electron chi connectivity index (χ4n) is 1.88. The Balaban J connectivity index is 2.92. The highest BCUT2D eigenvalue weighted by molar-refractivity contribution is 5.48. The Bertz CT molecular complexity index is 352. The molecule has 0 fully saturated rings. The number of rotatable bonds is 6. The van der Waals surface area contributed by atoms with Gasteiger partial charge in [-0.25, -0.2) is 0 Å². The summed E-state index contributed by atoms with van der Waals surface area (Å²) >= 11 is 0. The molecule has 3 nitrogen and oxygen atoms in total. The minimum atomic E-state index is -0.428. The number of aliphatic hydroxyl groups is 1. The SMILES string of the molecule is COCC(CO)(Nc1cccc(C)c1)C(C)C. The van der Waals surface area contributed by atoms with Crippen LogP contribution in [-0.4, -0.2) is 31.0 Å². The zero-order valence-electron chi connectivity index (χ0n) is 11.2. The zero-order chi connectivity index (χ0) is 12.9. The number of nitrogens with one attached hydrogen (secondary N) is 1. The van der Waals surface area contributed by atoms with Crippen LogP contribution in [0.25, 0.3) is 0 Å². The van der Waals surface area contributed by atoms with Gasteiger partial charge in [0.05, 0.1) is 18.8 Å². The molecule has 3 heteroatoms. The van der Waals surface area contributed by atoms with Gasteiger partial charge in [-0.1, -0.05) is 26.0 Å². The van der Waals surface area contributed by atoms with Crippen molar-refractivity contribution < 1.29 is 9.84 Å². The lowest BCUT2D eigenvalue weighted by atomic mass is 9.87. The van der Waals surface area contributed by atoms with E-state index in [0.717, 1.165) is 5.69 Å². The maximum absolute atomic E-state index is 9.67. The standard InChI is InChI=1S/C14H23NO2/c1-11(2)14(9-16,10-17-4)15-13-7-5-6-12(3)8-13/h5-8,11,15-16H,9-10H2,1-4H3. The highest BCUT2D eigenvalue weighted by Crippen LogP contribution is 2.24. The van der Waals surface area contributed by atoms with Crippen molar-refractivity contribution in [2.45, 2.75) is 26.3 Å². The van der Waals surface area contributed by atoms with Crippen molar-refractivity contribution in [2.75, 3.05) is 25.6 Å². The summed E-state index contributed by atoms with van der Waals surface area (Å²) in [7, 11) is 1.66. The second-order valence-electron chi connectivity index (χ2n) is 4.90. The lowest BCUT2D eigenvalue weighted by molar-refractivity contribution is 0.0724. The van der Waals surface area contributed by atoms with E-state index in [-0.39, 0.29) is 12.5 Å². The fourth-order valence-corrected chi connectivity index (χ4v) is 1.88. The van der Waals surface area contributed by atoms with Crippen molar-refractivity contribution in [1.29, 1.82) is 0 Å². The monoisotopic (exact) mass is 237 g/mol. The number of anilines is 1. The average Bonchev–Trinajstić information content (AvgIpc) is 2.28. The first kappa shape index (κ1) is 14.0.